The molecular weight excluding hydrogens is 270 g/mol. The van der Waals surface area contributed by atoms with Crippen molar-refractivity contribution in [2.24, 2.45) is 11.7 Å². The van der Waals surface area contributed by atoms with Crippen molar-refractivity contribution < 1.29 is 4.42 Å². The molecule has 0 saturated heterocycles. The van der Waals surface area contributed by atoms with E-state index in [1.807, 2.05) is 0 Å². The molecule has 2 N–H and O–H groups in total. The van der Waals surface area contributed by atoms with Gasteiger partial charge in [-0.25, -0.2) is 0 Å². The summed E-state index contributed by atoms with van der Waals surface area (Å²) in [7, 11) is 0. The molecule has 5 heteroatoms. The smallest absolute Gasteiger partial charge is 0.276 e. The maximum absolute atomic E-state index is 6.03. The molecule has 0 aliphatic heterocycles. The standard InChI is InChI=1S/C15H21N3OS/c1-10(2)8-13(16)14-17-18-15(19-14)20-9-12-6-4-11(3)5-7-12/h4-7,10,13H,8-9,16H2,1-3H3/t13-/m0/s1. The van der Waals surface area contributed by atoms with E-state index < -0.39 is 0 Å². The number of hydrogen-bond donors (Lipinski definition) is 1. The Morgan fingerprint density at radius 2 is 1.90 bits per heavy atom. The third-order valence-electron chi connectivity index (χ3n) is 2.95. The minimum Gasteiger partial charge on any atom is -0.414 e. The van der Waals surface area contributed by atoms with E-state index in [1.54, 1.807) is 11.8 Å². The minimum absolute atomic E-state index is 0.170. The highest BCUT2D eigenvalue weighted by Crippen LogP contribution is 2.24. The molecule has 0 aliphatic carbocycles. The molecule has 0 radical (unpaired) electrons. The SMILES string of the molecule is Cc1ccc(CSc2nnc([C@@H](N)CC(C)C)o2)cc1. The van der Waals surface area contributed by atoms with Crippen LogP contribution in [0.2, 0.25) is 0 Å². The number of nitrogens with two attached hydrogens (primary N) is 1. The Balaban J connectivity index is 1.91. The van der Waals surface area contributed by atoms with Crippen molar-refractivity contribution in [2.45, 2.75) is 44.2 Å². The summed E-state index contributed by atoms with van der Waals surface area (Å²) in [5, 5.41) is 8.66. The van der Waals surface area contributed by atoms with Crippen LogP contribution in [0.3, 0.4) is 0 Å². The first-order valence-corrected chi connectivity index (χ1v) is 7.80. The van der Waals surface area contributed by atoms with Gasteiger partial charge in [0.2, 0.25) is 5.89 Å². The molecule has 1 aromatic carbocycles. The molecule has 2 aromatic rings. The van der Waals surface area contributed by atoms with Gasteiger partial charge in [-0.2, -0.15) is 0 Å². The van der Waals surface area contributed by atoms with Crippen LogP contribution in [0.25, 0.3) is 0 Å². The predicted molar refractivity (Wildman–Crippen MR) is 81.4 cm³/mol. The van der Waals surface area contributed by atoms with E-state index in [-0.39, 0.29) is 6.04 Å². The number of aryl methyl sites for hydroxylation is 1. The number of thioether (sulfide) groups is 1. The van der Waals surface area contributed by atoms with Crippen LogP contribution < -0.4 is 5.73 Å². The lowest BCUT2D eigenvalue weighted by molar-refractivity contribution is 0.361. The summed E-state index contributed by atoms with van der Waals surface area (Å²) in [6.45, 7) is 6.34. The van der Waals surface area contributed by atoms with Crippen LogP contribution in [-0.2, 0) is 5.75 Å². The zero-order valence-corrected chi connectivity index (χ0v) is 13.0. The number of aromatic nitrogens is 2. The van der Waals surface area contributed by atoms with Gasteiger partial charge >= 0.3 is 0 Å². The number of hydrogen-bond acceptors (Lipinski definition) is 5. The predicted octanol–water partition coefficient (Wildman–Crippen LogP) is 3.72. The molecule has 0 fully saturated rings. The summed E-state index contributed by atoms with van der Waals surface area (Å²) in [4.78, 5) is 0. The van der Waals surface area contributed by atoms with Crippen molar-refractivity contribution in [3.8, 4) is 0 Å². The fraction of sp³-hybridized carbons (Fsp3) is 0.467. The van der Waals surface area contributed by atoms with Gasteiger partial charge in [-0.3, -0.25) is 0 Å². The first-order valence-electron chi connectivity index (χ1n) is 6.82. The quantitative estimate of drug-likeness (QED) is 0.822. The second-order valence-corrected chi connectivity index (χ2v) is 6.34. The van der Waals surface area contributed by atoms with Crippen LogP contribution in [0.5, 0.6) is 0 Å². The molecule has 1 aromatic heterocycles. The van der Waals surface area contributed by atoms with Gasteiger partial charge in [-0.15, -0.1) is 10.2 Å². The van der Waals surface area contributed by atoms with Crippen LogP contribution in [0.4, 0.5) is 0 Å². The summed E-state index contributed by atoms with van der Waals surface area (Å²) in [5.41, 5.74) is 8.53. The number of nitrogens with zero attached hydrogens (tertiary/aromatic N) is 2. The highest BCUT2D eigenvalue weighted by atomic mass is 32.2. The second-order valence-electron chi connectivity index (χ2n) is 5.42. The molecule has 1 atom stereocenters. The van der Waals surface area contributed by atoms with Crippen molar-refractivity contribution in [2.75, 3.05) is 0 Å². The van der Waals surface area contributed by atoms with E-state index in [4.69, 9.17) is 10.2 Å². The van der Waals surface area contributed by atoms with Crippen molar-refractivity contribution in [1.82, 2.24) is 10.2 Å². The normalized spacial score (nSPS) is 12.8. The van der Waals surface area contributed by atoms with Crippen LogP contribution in [0.1, 0.15) is 43.3 Å². The maximum Gasteiger partial charge on any atom is 0.276 e. The van der Waals surface area contributed by atoms with E-state index >= 15 is 0 Å². The Bertz CT molecular complexity index is 536. The van der Waals surface area contributed by atoms with Gasteiger partial charge in [0.15, 0.2) is 0 Å². The van der Waals surface area contributed by atoms with E-state index in [1.165, 1.54) is 11.1 Å². The zero-order valence-electron chi connectivity index (χ0n) is 12.2. The third-order valence-corrected chi connectivity index (χ3v) is 3.84. The van der Waals surface area contributed by atoms with Crippen LogP contribution in [0, 0.1) is 12.8 Å². The fourth-order valence-corrected chi connectivity index (χ4v) is 2.59. The van der Waals surface area contributed by atoms with Crippen molar-refractivity contribution in [3.05, 3.63) is 41.3 Å². The Hall–Kier alpha value is -1.33. The number of benzene rings is 1. The van der Waals surface area contributed by atoms with E-state index in [0.717, 1.165) is 12.2 Å². The first kappa shape index (κ1) is 15.1. The Kier molecular flexibility index (Phi) is 5.20. The number of rotatable bonds is 6. The lowest BCUT2D eigenvalue weighted by Crippen LogP contribution is -2.13. The highest BCUT2D eigenvalue weighted by Gasteiger charge is 2.16. The first-order chi connectivity index (χ1) is 9.54. The molecule has 0 amide bonds. The summed E-state index contributed by atoms with van der Waals surface area (Å²) >= 11 is 1.54. The molecular formula is C15H21N3OS. The van der Waals surface area contributed by atoms with Gasteiger partial charge in [0.05, 0.1) is 6.04 Å². The van der Waals surface area contributed by atoms with Crippen LogP contribution >= 0.6 is 11.8 Å². The van der Waals surface area contributed by atoms with Crippen molar-refractivity contribution in [1.29, 1.82) is 0 Å². The minimum atomic E-state index is -0.170. The molecule has 0 saturated carbocycles. The molecule has 0 aliphatic rings. The monoisotopic (exact) mass is 291 g/mol. The summed E-state index contributed by atoms with van der Waals surface area (Å²) in [6.07, 6.45) is 0.851. The van der Waals surface area contributed by atoms with Crippen molar-refractivity contribution in [3.63, 3.8) is 0 Å². The van der Waals surface area contributed by atoms with Crippen LogP contribution in [0.15, 0.2) is 33.9 Å². The van der Waals surface area contributed by atoms with Gasteiger partial charge < -0.3 is 10.2 Å². The maximum atomic E-state index is 6.03. The summed E-state index contributed by atoms with van der Waals surface area (Å²) in [6, 6.07) is 8.27. The zero-order chi connectivity index (χ0) is 14.5. The Labute approximate surface area is 124 Å². The summed E-state index contributed by atoms with van der Waals surface area (Å²) < 4.78 is 5.61. The fourth-order valence-electron chi connectivity index (χ4n) is 1.87. The largest absolute Gasteiger partial charge is 0.414 e. The molecule has 2 rings (SSSR count). The van der Waals surface area contributed by atoms with Gasteiger partial charge in [0.25, 0.3) is 5.22 Å². The molecule has 4 nitrogen and oxygen atoms in total. The second kappa shape index (κ2) is 6.90. The lowest BCUT2D eigenvalue weighted by Gasteiger charge is -2.08. The Morgan fingerprint density at radius 1 is 1.20 bits per heavy atom. The highest BCUT2D eigenvalue weighted by molar-refractivity contribution is 7.98. The van der Waals surface area contributed by atoms with Gasteiger partial charge in [-0.1, -0.05) is 55.4 Å². The Morgan fingerprint density at radius 3 is 2.55 bits per heavy atom. The average molecular weight is 291 g/mol. The lowest BCUT2D eigenvalue weighted by atomic mass is 10.1. The van der Waals surface area contributed by atoms with Crippen LogP contribution in [-0.4, -0.2) is 10.2 Å². The summed E-state index contributed by atoms with van der Waals surface area (Å²) in [5.74, 6) is 1.87. The van der Waals surface area contributed by atoms with Gasteiger partial charge in [0.1, 0.15) is 0 Å². The van der Waals surface area contributed by atoms with E-state index in [2.05, 4.69) is 55.2 Å². The molecule has 0 bridgehead atoms. The molecule has 0 unspecified atom stereocenters. The average Bonchev–Trinajstić information content (AvgIpc) is 2.86. The van der Waals surface area contributed by atoms with Crippen molar-refractivity contribution >= 4 is 11.8 Å². The van der Waals surface area contributed by atoms with Gasteiger partial charge in [0, 0.05) is 5.75 Å². The molecule has 1 heterocycles. The topological polar surface area (TPSA) is 64.9 Å². The van der Waals surface area contributed by atoms with E-state index in [9.17, 15) is 0 Å². The molecule has 108 valence electrons. The van der Waals surface area contributed by atoms with E-state index in [0.29, 0.717) is 17.0 Å². The third kappa shape index (κ3) is 4.35. The molecule has 20 heavy (non-hydrogen) atoms. The van der Waals surface area contributed by atoms with Gasteiger partial charge in [-0.05, 0) is 24.8 Å². The molecule has 0 spiro atoms.